The summed E-state index contributed by atoms with van der Waals surface area (Å²) in [4.78, 5) is 0. The summed E-state index contributed by atoms with van der Waals surface area (Å²) in [6.07, 6.45) is 0. The molecule has 0 N–H and O–H groups in total. The molecular formula is H10BaGaGeK. The molecule has 0 radical (unpaired) electrons. The molecule has 0 nitrogen and oxygen atoms in total. The van der Waals surface area contributed by atoms with Crippen molar-refractivity contribution in [3.8, 4) is 0 Å². The van der Waals surface area contributed by atoms with E-state index >= 15 is 0 Å². The second-order valence-corrected chi connectivity index (χ2v) is 0. The van der Waals surface area contributed by atoms with Gasteiger partial charge in [-0.25, -0.2) is 0 Å². The maximum atomic E-state index is 0. The zero-order valence-corrected chi connectivity index (χ0v) is 0. The van der Waals surface area contributed by atoms with E-state index < -0.39 is 0 Å². The van der Waals surface area contributed by atoms with E-state index in [1.54, 1.807) is 0 Å². The van der Waals surface area contributed by atoms with Crippen molar-refractivity contribution >= 4 is 138 Å². The quantitative estimate of drug-likeness (QED) is 0.396. The Balaban J connectivity index is 0. The van der Waals surface area contributed by atoms with Crippen LogP contribution in [-0.2, 0) is 0 Å². The van der Waals surface area contributed by atoms with Crippen LogP contribution in [0.2, 0.25) is 0 Å². The van der Waals surface area contributed by atoms with Gasteiger partial charge in [-0.3, -0.25) is 0 Å². The number of hydrogen-bond donors (Lipinski definition) is 0. The first-order chi connectivity index (χ1) is 0. The topological polar surface area (TPSA) is 0 Å². The summed E-state index contributed by atoms with van der Waals surface area (Å²) in [5.74, 6) is 0. The molecule has 0 unspecified atom stereocenters. The first kappa shape index (κ1) is 23.8. The molecule has 0 aliphatic rings. The molecule has 0 fully saturated rings. The van der Waals surface area contributed by atoms with Crippen molar-refractivity contribution in [2.24, 2.45) is 0 Å². The Kier molecular flexibility index (Phi) is 93.1. The van der Waals surface area contributed by atoms with Gasteiger partial charge < -0.3 is 0 Å². The minimum atomic E-state index is 0. The third-order valence-electron chi connectivity index (χ3n) is 0. The Morgan fingerprint density at radius 1 is 1.00 bits per heavy atom. The molecular weight excluding hydrogens is 319 g/mol. The van der Waals surface area contributed by atoms with Crippen LogP contribution in [-0.4, -0.2) is 138 Å². The van der Waals surface area contributed by atoms with Crippen molar-refractivity contribution in [1.29, 1.82) is 0 Å². The second-order valence-electron chi connectivity index (χ2n) is 0. The standard InChI is InChI=1S/Ba.Ga.GeH4.K.6H/h;;1H4;;;;;;;. The van der Waals surface area contributed by atoms with E-state index in [-0.39, 0.29) is 138 Å². The average molecular weight is 329 g/mol. The van der Waals surface area contributed by atoms with Gasteiger partial charge in [-0.15, -0.1) is 0 Å². The van der Waals surface area contributed by atoms with E-state index in [2.05, 4.69) is 0 Å². The molecule has 4 heteroatoms. The van der Waals surface area contributed by atoms with Gasteiger partial charge in [0.05, 0.1) is 0 Å². The van der Waals surface area contributed by atoms with Gasteiger partial charge in [-0.05, 0) is 0 Å². The summed E-state index contributed by atoms with van der Waals surface area (Å²) in [5.41, 5.74) is 0. The molecule has 0 saturated carbocycles. The van der Waals surface area contributed by atoms with Gasteiger partial charge in [0, 0.05) is 0 Å². The predicted octanol–water partition coefficient (Wildman–Crippen LogP) is -4.20. The molecule has 0 aromatic rings. The summed E-state index contributed by atoms with van der Waals surface area (Å²) >= 11 is 0. The van der Waals surface area contributed by atoms with Crippen LogP contribution in [0.3, 0.4) is 0 Å². The molecule has 0 aromatic carbocycles. The fraction of sp³-hybridized carbons (Fsp3) is 0. The van der Waals surface area contributed by atoms with E-state index in [0.29, 0.717) is 0 Å². The summed E-state index contributed by atoms with van der Waals surface area (Å²) in [7, 11) is 0. The van der Waals surface area contributed by atoms with Crippen LogP contribution in [0.1, 0.15) is 0 Å². The molecule has 0 aliphatic carbocycles. The molecule has 0 heterocycles. The average Bonchev–Trinajstić information content (AvgIpc) is 0. The normalized spacial score (nSPS) is 0. The van der Waals surface area contributed by atoms with Gasteiger partial charge in [0.25, 0.3) is 0 Å². The van der Waals surface area contributed by atoms with E-state index in [1.807, 2.05) is 0 Å². The van der Waals surface area contributed by atoms with Crippen LogP contribution in [0.4, 0.5) is 0 Å². The van der Waals surface area contributed by atoms with Crippen LogP contribution in [0.15, 0.2) is 0 Å². The minimum absolute atomic E-state index is 0. The summed E-state index contributed by atoms with van der Waals surface area (Å²) < 4.78 is 0. The van der Waals surface area contributed by atoms with Crippen LogP contribution in [0.5, 0.6) is 0 Å². The SMILES string of the molecule is [BaH2].[GaH3].[GeH4].[KH]. The summed E-state index contributed by atoms with van der Waals surface area (Å²) in [6, 6.07) is 0. The van der Waals surface area contributed by atoms with Crippen LogP contribution in [0.25, 0.3) is 0 Å². The molecule has 0 bridgehead atoms. The zero-order valence-electron chi connectivity index (χ0n) is 0. The van der Waals surface area contributed by atoms with Crippen molar-refractivity contribution in [1.82, 2.24) is 0 Å². The van der Waals surface area contributed by atoms with Gasteiger partial charge in [-0.2, -0.15) is 0 Å². The van der Waals surface area contributed by atoms with Crippen molar-refractivity contribution in [3.63, 3.8) is 0 Å². The molecule has 0 rings (SSSR count). The number of rotatable bonds is 0. The first-order valence-electron chi connectivity index (χ1n) is 0. The fourth-order valence-corrected chi connectivity index (χ4v) is 0. The summed E-state index contributed by atoms with van der Waals surface area (Å²) in [5, 5.41) is 0. The Morgan fingerprint density at radius 3 is 1.00 bits per heavy atom. The van der Waals surface area contributed by atoms with Gasteiger partial charge in [-0.1, -0.05) is 0 Å². The molecule has 0 spiro atoms. The zero-order chi connectivity index (χ0) is 0. The van der Waals surface area contributed by atoms with Gasteiger partial charge in [0.15, 0.2) is 0 Å². The molecule has 0 aromatic heterocycles. The van der Waals surface area contributed by atoms with Crippen LogP contribution < -0.4 is 0 Å². The summed E-state index contributed by atoms with van der Waals surface area (Å²) in [6.45, 7) is 0. The van der Waals surface area contributed by atoms with Crippen molar-refractivity contribution < 1.29 is 0 Å². The Labute approximate surface area is 133 Å². The molecule has 0 aliphatic heterocycles. The van der Waals surface area contributed by atoms with Gasteiger partial charge in [0.2, 0.25) is 0 Å². The Bertz CT molecular complexity index is 8.00. The van der Waals surface area contributed by atoms with Crippen LogP contribution in [0, 0.1) is 0 Å². The third-order valence-corrected chi connectivity index (χ3v) is 0. The van der Waals surface area contributed by atoms with Gasteiger partial charge in [0.1, 0.15) is 0 Å². The molecule has 4 heavy (non-hydrogen) atoms. The van der Waals surface area contributed by atoms with E-state index in [4.69, 9.17) is 0 Å². The molecule has 0 amide bonds. The predicted molar refractivity (Wildman–Crippen MR) is 37.0 cm³/mol. The van der Waals surface area contributed by atoms with Crippen LogP contribution >= 0.6 is 0 Å². The van der Waals surface area contributed by atoms with Crippen molar-refractivity contribution in [2.75, 3.05) is 0 Å². The first-order valence-corrected chi connectivity index (χ1v) is 0. The maximum absolute atomic E-state index is 0. The fourth-order valence-electron chi connectivity index (χ4n) is 0. The van der Waals surface area contributed by atoms with Crippen molar-refractivity contribution in [3.05, 3.63) is 0 Å². The van der Waals surface area contributed by atoms with E-state index in [1.165, 1.54) is 0 Å². The monoisotopic (exact) mass is 330 g/mol. The molecule has 20 valence electrons. The van der Waals surface area contributed by atoms with E-state index in [9.17, 15) is 0 Å². The second kappa shape index (κ2) is 15.7. The third kappa shape index (κ3) is 9.63. The molecule has 0 saturated heterocycles. The Morgan fingerprint density at radius 2 is 1.00 bits per heavy atom. The van der Waals surface area contributed by atoms with Crippen molar-refractivity contribution in [2.45, 2.75) is 0 Å². The van der Waals surface area contributed by atoms with Gasteiger partial charge >= 0.3 is 138 Å². The molecule has 0 atom stereocenters. The van der Waals surface area contributed by atoms with E-state index in [0.717, 1.165) is 0 Å². The Hall–Kier alpha value is 4.39. The number of hydrogen-bond acceptors (Lipinski definition) is 0.